The fourth-order valence-corrected chi connectivity index (χ4v) is 1.44. The Morgan fingerprint density at radius 3 is 3.00 bits per heavy atom. The number of carboxylic acids is 1. The van der Waals surface area contributed by atoms with Gasteiger partial charge in [0.05, 0.1) is 18.7 Å². The first-order chi connectivity index (χ1) is 8.65. The topological polar surface area (TPSA) is 77.2 Å². The van der Waals surface area contributed by atoms with E-state index in [2.05, 4.69) is 10.1 Å². The molecule has 2 rings (SSSR count). The Bertz CT molecular complexity index is 551. The number of nitrogens with zero attached hydrogens (tertiary/aromatic N) is 3. The number of aromatic nitrogens is 3. The zero-order valence-electron chi connectivity index (χ0n) is 9.91. The van der Waals surface area contributed by atoms with E-state index in [-0.39, 0.29) is 13.0 Å². The minimum Gasteiger partial charge on any atom is -0.493 e. The van der Waals surface area contributed by atoms with Crippen molar-refractivity contribution in [2.45, 2.75) is 13.3 Å². The van der Waals surface area contributed by atoms with E-state index in [9.17, 15) is 4.79 Å². The van der Waals surface area contributed by atoms with Gasteiger partial charge in [0.25, 0.3) is 0 Å². The standard InChI is InChI=1S/C12H13N3O3/c1-9-13-8-15(14-9)10-3-2-4-11(7-10)18-6-5-12(16)17/h2-4,7-8H,5-6H2,1H3,(H,16,17). The third-order valence-electron chi connectivity index (χ3n) is 2.27. The van der Waals surface area contributed by atoms with E-state index in [1.54, 1.807) is 23.1 Å². The summed E-state index contributed by atoms with van der Waals surface area (Å²) in [6, 6.07) is 7.26. The molecule has 0 aliphatic heterocycles. The predicted octanol–water partition coefficient (Wildman–Crippen LogP) is 1.43. The number of ether oxygens (including phenoxy) is 1. The third kappa shape index (κ3) is 3.07. The first-order valence-electron chi connectivity index (χ1n) is 5.48. The lowest BCUT2D eigenvalue weighted by Gasteiger charge is -2.06. The van der Waals surface area contributed by atoms with Crippen molar-refractivity contribution < 1.29 is 14.6 Å². The molecule has 0 saturated heterocycles. The SMILES string of the molecule is Cc1ncn(-c2cccc(OCCC(=O)O)c2)n1. The molecular weight excluding hydrogens is 234 g/mol. The maximum absolute atomic E-state index is 10.4. The highest BCUT2D eigenvalue weighted by Gasteiger charge is 2.02. The summed E-state index contributed by atoms with van der Waals surface area (Å²) < 4.78 is 6.98. The summed E-state index contributed by atoms with van der Waals surface area (Å²) in [7, 11) is 0. The smallest absolute Gasteiger partial charge is 0.306 e. The van der Waals surface area contributed by atoms with Crippen LogP contribution < -0.4 is 4.74 Å². The molecule has 0 spiro atoms. The summed E-state index contributed by atoms with van der Waals surface area (Å²) >= 11 is 0. The molecule has 2 aromatic rings. The number of hydrogen-bond acceptors (Lipinski definition) is 4. The van der Waals surface area contributed by atoms with Crippen LogP contribution in [-0.2, 0) is 4.79 Å². The van der Waals surface area contributed by atoms with Crippen molar-refractivity contribution in [2.24, 2.45) is 0 Å². The first-order valence-corrected chi connectivity index (χ1v) is 5.48. The lowest BCUT2D eigenvalue weighted by molar-refractivity contribution is -0.137. The van der Waals surface area contributed by atoms with E-state index in [4.69, 9.17) is 9.84 Å². The molecule has 0 atom stereocenters. The van der Waals surface area contributed by atoms with Crippen LogP contribution in [0, 0.1) is 6.92 Å². The number of rotatable bonds is 5. The minimum absolute atomic E-state index is 0.0212. The second kappa shape index (κ2) is 5.31. The third-order valence-corrected chi connectivity index (χ3v) is 2.27. The lowest BCUT2D eigenvalue weighted by atomic mass is 10.3. The molecule has 1 heterocycles. The highest BCUT2D eigenvalue weighted by Crippen LogP contribution is 2.16. The molecule has 6 heteroatoms. The van der Waals surface area contributed by atoms with Gasteiger partial charge in [-0.2, -0.15) is 5.10 Å². The van der Waals surface area contributed by atoms with E-state index >= 15 is 0 Å². The van der Waals surface area contributed by atoms with Gasteiger partial charge in [-0.1, -0.05) is 6.07 Å². The van der Waals surface area contributed by atoms with Crippen molar-refractivity contribution in [1.82, 2.24) is 14.8 Å². The molecule has 0 aliphatic rings. The lowest BCUT2D eigenvalue weighted by Crippen LogP contribution is -2.05. The quantitative estimate of drug-likeness (QED) is 0.864. The number of benzene rings is 1. The summed E-state index contributed by atoms with van der Waals surface area (Å²) in [4.78, 5) is 14.4. The zero-order chi connectivity index (χ0) is 13.0. The molecule has 0 radical (unpaired) electrons. The Morgan fingerprint density at radius 1 is 1.50 bits per heavy atom. The number of aliphatic carboxylic acids is 1. The van der Waals surface area contributed by atoms with Crippen molar-refractivity contribution in [2.75, 3.05) is 6.61 Å². The van der Waals surface area contributed by atoms with E-state index in [0.29, 0.717) is 11.6 Å². The monoisotopic (exact) mass is 247 g/mol. The van der Waals surface area contributed by atoms with Gasteiger partial charge in [0.15, 0.2) is 0 Å². The van der Waals surface area contributed by atoms with Gasteiger partial charge >= 0.3 is 5.97 Å². The average molecular weight is 247 g/mol. The van der Waals surface area contributed by atoms with Crippen molar-refractivity contribution in [3.05, 3.63) is 36.4 Å². The number of carbonyl (C=O) groups is 1. The van der Waals surface area contributed by atoms with E-state index in [1.807, 2.05) is 19.1 Å². The normalized spacial score (nSPS) is 10.3. The van der Waals surface area contributed by atoms with Crippen LogP contribution in [0.2, 0.25) is 0 Å². The second-order valence-electron chi connectivity index (χ2n) is 3.73. The van der Waals surface area contributed by atoms with Crippen LogP contribution in [0.1, 0.15) is 12.2 Å². The Kier molecular flexibility index (Phi) is 3.57. The summed E-state index contributed by atoms with van der Waals surface area (Å²) in [6.07, 6.45) is 1.60. The van der Waals surface area contributed by atoms with Gasteiger partial charge in [-0.05, 0) is 19.1 Å². The maximum Gasteiger partial charge on any atom is 0.306 e. The van der Waals surface area contributed by atoms with E-state index in [1.165, 1.54) is 0 Å². The maximum atomic E-state index is 10.4. The minimum atomic E-state index is -0.877. The van der Waals surface area contributed by atoms with Gasteiger partial charge in [-0.25, -0.2) is 9.67 Å². The zero-order valence-corrected chi connectivity index (χ0v) is 9.91. The van der Waals surface area contributed by atoms with Gasteiger partial charge in [0.2, 0.25) is 0 Å². The summed E-state index contributed by atoms with van der Waals surface area (Å²) in [5, 5.41) is 12.7. The molecular formula is C12H13N3O3. The molecule has 1 aromatic heterocycles. The largest absolute Gasteiger partial charge is 0.493 e. The van der Waals surface area contributed by atoms with Crippen LogP contribution in [0.4, 0.5) is 0 Å². The Morgan fingerprint density at radius 2 is 2.33 bits per heavy atom. The fourth-order valence-electron chi connectivity index (χ4n) is 1.44. The molecule has 0 unspecified atom stereocenters. The van der Waals surface area contributed by atoms with Gasteiger partial charge < -0.3 is 9.84 Å². The molecule has 94 valence electrons. The first kappa shape index (κ1) is 12.1. The fraction of sp³-hybridized carbons (Fsp3) is 0.250. The Hall–Kier alpha value is -2.37. The van der Waals surface area contributed by atoms with Gasteiger partial charge in [-0.3, -0.25) is 4.79 Å². The predicted molar refractivity (Wildman–Crippen MR) is 63.8 cm³/mol. The van der Waals surface area contributed by atoms with Gasteiger partial charge in [-0.15, -0.1) is 0 Å². The van der Waals surface area contributed by atoms with Crippen LogP contribution in [0.25, 0.3) is 5.69 Å². The molecule has 18 heavy (non-hydrogen) atoms. The number of aryl methyl sites for hydroxylation is 1. The molecule has 6 nitrogen and oxygen atoms in total. The highest BCUT2D eigenvalue weighted by atomic mass is 16.5. The molecule has 0 saturated carbocycles. The number of carboxylic acid groups (broad SMARTS) is 1. The van der Waals surface area contributed by atoms with Crippen molar-refractivity contribution in [3.63, 3.8) is 0 Å². The Balaban J connectivity index is 2.08. The summed E-state index contributed by atoms with van der Waals surface area (Å²) in [5.41, 5.74) is 0.823. The summed E-state index contributed by atoms with van der Waals surface area (Å²) in [6.45, 7) is 1.96. The van der Waals surface area contributed by atoms with Gasteiger partial charge in [0, 0.05) is 6.07 Å². The van der Waals surface area contributed by atoms with Crippen LogP contribution >= 0.6 is 0 Å². The molecule has 0 amide bonds. The van der Waals surface area contributed by atoms with Crippen molar-refractivity contribution in [3.8, 4) is 11.4 Å². The average Bonchev–Trinajstić information content (AvgIpc) is 2.76. The molecule has 1 N–H and O–H groups in total. The van der Waals surface area contributed by atoms with Crippen LogP contribution in [0.3, 0.4) is 0 Å². The van der Waals surface area contributed by atoms with Crippen LogP contribution in [-0.4, -0.2) is 32.4 Å². The van der Waals surface area contributed by atoms with Crippen LogP contribution in [0.5, 0.6) is 5.75 Å². The van der Waals surface area contributed by atoms with Crippen LogP contribution in [0.15, 0.2) is 30.6 Å². The molecule has 0 bridgehead atoms. The molecule has 0 fully saturated rings. The van der Waals surface area contributed by atoms with Gasteiger partial charge in [0.1, 0.15) is 17.9 Å². The second-order valence-corrected chi connectivity index (χ2v) is 3.73. The van der Waals surface area contributed by atoms with Crippen molar-refractivity contribution >= 4 is 5.97 Å². The van der Waals surface area contributed by atoms with E-state index in [0.717, 1.165) is 5.69 Å². The Labute approximate surface area is 104 Å². The highest BCUT2D eigenvalue weighted by molar-refractivity contribution is 5.66. The van der Waals surface area contributed by atoms with E-state index < -0.39 is 5.97 Å². The molecule has 0 aliphatic carbocycles. The summed E-state index contributed by atoms with van der Waals surface area (Å²) in [5.74, 6) is 0.423. The van der Waals surface area contributed by atoms with Crippen molar-refractivity contribution in [1.29, 1.82) is 0 Å². The molecule has 1 aromatic carbocycles. The number of hydrogen-bond donors (Lipinski definition) is 1.